The van der Waals surface area contributed by atoms with Crippen LogP contribution in [0.25, 0.3) is 0 Å². The number of hydrogen-bond acceptors (Lipinski definition) is 4. The molecule has 0 bridgehead atoms. The van der Waals surface area contributed by atoms with Crippen molar-refractivity contribution in [2.75, 3.05) is 7.11 Å². The summed E-state index contributed by atoms with van der Waals surface area (Å²) >= 11 is 0.153. The van der Waals surface area contributed by atoms with E-state index >= 15 is 0 Å². The molecule has 1 N–H and O–H groups in total. The van der Waals surface area contributed by atoms with Crippen LogP contribution in [0.4, 0.5) is 17.6 Å². The van der Waals surface area contributed by atoms with E-state index in [9.17, 15) is 27.5 Å². The van der Waals surface area contributed by atoms with Crippen molar-refractivity contribution in [3.63, 3.8) is 0 Å². The number of phenolic OH excluding ortho intramolecular Hbond substituents is 1. The zero-order chi connectivity index (χ0) is 16.4. The lowest BCUT2D eigenvalue weighted by atomic mass is 10.1. The third-order valence-corrected chi connectivity index (χ3v) is 3.82. The average Bonchev–Trinajstić information content (AvgIpc) is 2.37. The number of thioether (sulfide) groups is 1. The maximum atomic E-state index is 13.9. The Morgan fingerprint density at radius 2 is 1.81 bits per heavy atom. The maximum absolute atomic E-state index is 13.9. The Morgan fingerprint density at radius 1 is 1.24 bits per heavy atom. The molecule has 0 aromatic heterocycles. The van der Waals surface area contributed by atoms with E-state index in [0.717, 1.165) is 7.11 Å². The van der Waals surface area contributed by atoms with E-state index in [1.165, 1.54) is 19.1 Å². The van der Waals surface area contributed by atoms with Crippen LogP contribution >= 0.6 is 11.8 Å². The molecular weight excluding hydrogens is 312 g/mol. The quantitative estimate of drug-likeness (QED) is 0.395. The molecule has 0 aliphatic heterocycles. The summed E-state index contributed by atoms with van der Waals surface area (Å²) in [6, 6.07) is 2.51. The second-order valence-corrected chi connectivity index (χ2v) is 5.08. The first-order valence-electron chi connectivity index (χ1n) is 5.61. The molecule has 0 saturated carbocycles. The van der Waals surface area contributed by atoms with E-state index in [1.807, 2.05) is 0 Å². The number of phenols is 1. The van der Waals surface area contributed by atoms with Crippen LogP contribution < -0.4 is 0 Å². The largest absolute Gasteiger partial charge is 0.508 e. The number of alkyl halides is 3. The Morgan fingerprint density at radius 3 is 2.29 bits per heavy atom. The summed E-state index contributed by atoms with van der Waals surface area (Å²) < 4.78 is 55.9. The Hall–Kier alpha value is -1.70. The summed E-state index contributed by atoms with van der Waals surface area (Å²) in [4.78, 5) is 11.3. The number of carbonyl (C=O) groups excluding carboxylic acids is 1. The third-order valence-electron chi connectivity index (χ3n) is 2.78. The maximum Gasteiger partial charge on any atom is 0.426 e. The number of rotatable bonds is 3. The van der Waals surface area contributed by atoms with Crippen molar-refractivity contribution in [3.8, 4) is 5.75 Å². The standard InChI is InChI=1S/C13H12F4O3S/c1-6-7(2)9(5-4-8(6)18)21-11(14)10(12(19)20-3)13(15,16)17/h4-5,18H,1-3H3/b11-10-. The van der Waals surface area contributed by atoms with Gasteiger partial charge in [-0.25, -0.2) is 4.79 Å². The fraction of sp³-hybridized carbons (Fsp3) is 0.308. The molecule has 3 nitrogen and oxygen atoms in total. The van der Waals surface area contributed by atoms with E-state index in [-0.39, 0.29) is 22.4 Å². The van der Waals surface area contributed by atoms with E-state index in [2.05, 4.69) is 4.74 Å². The van der Waals surface area contributed by atoms with Crippen LogP contribution in [0, 0.1) is 13.8 Å². The third kappa shape index (κ3) is 3.90. The second kappa shape index (κ2) is 6.38. The van der Waals surface area contributed by atoms with Crippen molar-refractivity contribution >= 4 is 17.7 Å². The molecule has 1 rings (SSSR count). The van der Waals surface area contributed by atoms with Crippen molar-refractivity contribution in [3.05, 3.63) is 34.0 Å². The van der Waals surface area contributed by atoms with Crippen molar-refractivity contribution < 1.29 is 32.2 Å². The molecule has 1 aromatic rings. The van der Waals surface area contributed by atoms with Gasteiger partial charge in [-0.15, -0.1) is 0 Å². The van der Waals surface area contributed by atoms with Gasteiger partial charge in [0.15, 0.2) is 10.7 Å². The summed E-state index contributed by atoms with van der Waals surface area (Å²) in [5.41, 5.74) is -1.15. The predicted octanol–water partition coefficient (Wildman–Crippen LogP) is 4.02. The fourth-order valence-corrected chi connectivity index (χ4v) is 2.39. The molecule has 116 valence electrons. The van der Waals surface area contributed by atoms with Gasteiger partial charge in [-0.05, 0) is 37.1 Å². The molecule has 0 fully saturated rings. The monoisotopic (exact) mass is 324 g/mol. The first-order valence-corrected chi connectivity index (χ1v) is 6.43. The molecule has 0 unspecified atom stereocenters. The summed E-state index contributed by atoms with van der Waals surface area (Å²) in [7, 11) is 0.738. The number of ether oxygens (including phenoxy) is 1. The van der Waals surface area contributed by atoms with Crippen LogP contribution in [-0.2, 0) is 9.53 Å². The smallest absolute Gasteiger partial charge is 0.426 e. The highest BCUT2D eigenvalue weighted by Gasteiger charge is 2.43. The average molecular weight is 324 g/mol. The van der Waals surface area contributed by atoms with Gasteiger partial charge in [0.25, 0.3) is 0 Å². The van der Waals surface area contributed by atoms with E-state index in [0.29, 0.717) is 11.1 Å². The summed E-state index contributed by atoms with van der Waals surface area (Å²) in [5, 5.41) is 7.75. The van der Waals surface area contributed by atoms with Gasteiger partial charge in [0.1, 0.15) is 5.75 Å². The Balaban J connectivity index is 3.29. The Kier molecular flexibility index (Phi) is 5.27. The second-order valence-electron chi connectivity index (χ2n) is 4.07. The number of benzene rings is 1. The van der Waals surface area contributed by atoms with Crippen LogP contribution in [0.2, 0.25) is 0 Å². The van der Waals surface area contributed by atoms with Gasteiger partial charge in [0.2, 0.25) is 0 Å². The molecular formula is C13H12F4O3S. The van der Waals surface area contributed by atoms with Gasteiger partial charge in [-0.2, -0.15) is 17.6 Å². The molecule has 0 saturated heterocycles. The number of esters is 1. The minimum absolute atomic E-state index is 0.0507. The number of hydrogen-bond donors (Lipinski definition) is 1. The lowest BCUT2D eigenvalue weighted by Gasteiger charge is -2.12. The zero-order valence-electron chi connectivity index (χ0n) is 11.3. The summed E-state index contributed by atoms with van der Waals surface area (Å²) in [6.45, 7) is 3.07. The molecule has 0 atom stereocenters. The van der Waals surface area contributed by atoms with Crippen LogP contribution in [0.3, 0.4) is 0 Å². The number of methoxy groups -OCH3 is 1. The van der Waals surface area contributed by atoms with Crippen LogP contribution in [-0.4, -0.2) is 24.4 Å². The summed E-state index contributed by atoms with van der Waals surface area (Å²) in [5.74, 6) is -1.84. The van der Waals surface area contributed by atoms with Crippen molar-refractivity contribution in [2.24, 2.45) is 0 Å². The Bertz CT molecular complexity index is 594. The molecule has 1 aromatic carbocycles. The topological polar surface area (TPSA) is 46.5 Å². The SMILES string of the molecule is COC(=O)/C(=C(\F)Sc1ccc(O)c(C)c1C)C(F)(F)F. The summed E-state index contributed by atoms with van der Waals surface area (Å²) in [6.07, 6.45) is -5.16. The van der Waals surface area contributed by atoms with Gasteiger partial charge in [-0.1, -0.05) is 11.8 Å². The number of aromatic hydroxyl groups is 1. The number of halogens is 4. The minimum atomic E-state index is -5.16. The molecule has 0 spiro atoms. The molecule has 0 heterocycles. The van der Waals surface area contributed by atoms with Gasteiger partial charge >= 0.3 is 12.1 Å². The highest BCUT2D eigenvalue weighted by molar-refractivity contribution is 8.03. The van der Waals surface area contributed by atoms with Gasteiger partial charge in [0, 0.05) is 4.90 Å². The van der Waals surface area contributed by atoms with Crippen LogP contribution in [0.5, 0.6) is 5.75 Å². The first kappa shape index (κ1) is 17.4. The highest BCUT2D eigenvalue weighted by Crippen LogP contribution is 2.40. The van der Waals surface area contributed by atoms with Crippen molar-refractivity contribution in [1.29, 1.82) is 0 Å². The van der Waals surface area contributed by atoms with E-state index in [4.69, 9.17) is 0 Å². The normalized spacial score (nSPS) is 12.9. The van der Waals surface area contributed by atoms with Gasteiger partial charge in [0.05, 0.1) is 7.11 Å². The molecule has 0 amide bonds. The Labute approximate surface area is 122 Å². The van der Waals surface area contributed by atoms with Gasteiger partial charge in [-0.3, -0.25) is 0 Å². The predicted molar refractivity (Wildman–Crippen MR) is 69.6 cm³/mol. The zero-order valence-corrected chi connectivity index (χ0v) is 12.2. The van der Waals surface area contributed by atoms with Crippen molar-refractivity contribution in [1.82, 2.24) is 0 Å². The van der Waals surface area contributed by atoms with E-state index in [1.54, 1.807) is 6.92 Å². The number of carbonyl (C=O) groups is 1. The molecule has 0 aliphatic rings. The molecule has 8 heteroatoms. The lowest BCUT2D eigenvalue weighted by Crippen LogP contribution is -2.22. The van der Waals surface area contributed by atoms with Crippen molar-refractivity contribution in [2.45, 2.75) is 24.9 Å². The van der Waals surface area contributed by atoms with E-state index < -0.39 is 22.9 Å². The van der Waals surface area contributed by atoms with Crippen LogP contribution in [0.1, 0.15) is 11.1 Å². The van der Waals surface area contributed by atoms with Gasteiger partial charge < -0.3 is 9.84 Å². The minimum Gasteiger partial charge on any atom is -0.508 e. The first-order chi connectivity index (χ1) is 9.59. The molecule has 0 aliphatic carbocycles. The lowest BCUT2D eigenvalue weighted by molar-refractivity contribution is -0.148. The van der Waals surface area contributed by atoms with Crippen LogP contribution in [0.15, 0.2) is 27.8 Å². The molecule has 0 radical (unpaired) electrons. The molecule has 21 heavy (non-hydrogen) atoms. The fourth-order valence-electron chi connectivity index (χ4n) is 1.45. The highest BCUT2D eigenvalue weighted by atomic mass is 32.2.